The van der Waals surface area contributed by atoms with Gasteiger partial charge in [-0.1, -0.05) is 42.4 Å². The molecule has 0 bridgehead atoms. The van der Waals surface area contributed by atoms with Crippen LogP contribution in [0.15, 0.2) is 64.6 Å². The first-order chi connectivity index (χ1) is 12.7. The second-order valence-corrected chi connectivity index (χ2v) is 6.64. The second kappa shape index (κ2) is 7.04. The maximum atomic E-state index is 12.5. The molecule has 0 amide bonds. The number of carbonyl (C=O) groups is 1. The first-order valence-corrected chi connectivity index (χ1v) is 8.69. The lowest BCUT2D eigenvalue weighted by Gasteiger charge is -2.11. The van der Waals surface area contributed by atoms with Gasteiger partial charge in [-0.15, -0.1) is 0 Å². The summed E-state index contributed by atoms with van der Waals surface area (Å²) < 4.78 is 4.90. The van der Waals surface area contributed by atoms with Crippen LogP contribution in [0.5, 0.6) is 0 Å². The van der Waals surface area contributed by atoms with Crippen molar-refractivity contribution >= 4 is 11.5 Å². The van der Waals surface area contributed by atoms with Crippen LogP contribution in [-0.2, 0) is 17.8 Å². The lowest BCUT2D eigenvalue weighted by atomic mass is 9.94. The van der Waals surface area contributed by atoms with Gasteiger partial charge in [0.1, 0.15) is 12.0 Å². The van der Waals surface area contributed by atoms with Gasteiger partial charge in [-0.2, -0.15) is 0 Å². The molecule has 0 aliphatic carbocycles. The van der Waals surface area contributed by atoms with Crippen molar-refractivity contribution in [1.82, 2.24) is 10.1 Å². The van der Waals surface area contributed by atoms with Gasteiger partial charge in [0.15, 0.2) is 0 Å². The van der Waals surface area contributed by atoms with Crippen LogP contribution in [0.2, 0.25) is 0 Å². The Balaban J connectivity index is 1.43. The summed E-state index contributed by atoms with van der Waals surface area (Å²) in [4.78, 5) is 21.5. The molecule has 130 valence electrons. The van der Waals surface area contributed by atoms with Gasteiger partial charge in [0.05, 0.1) is 24.0 Å². The Kier molecular flexibility index (Phi) is 4.44. The Morgan fingerprint density at radius 3 is 2.85 bits per heavy atom. The monoisotopic (exact) mass is 345 g/mol. The van der Waals surface area contributed by atoms with Gasteiger partial charge in [-0.3, -0.25) is 14.8 Å². The van der Waals surface area contributed by atoms with Crippen LogP contribution in [0.3, 0.4) is 0 Å². The predicted octanol–water partition coefficient (Wildman–Crippen LogP) is 3.73. The zero-order valence-electron chi connectivity index (χ0n) is 14.6. The molecule has 5 heteroatoms. The third kappa shape index (κ3) is 3.33. The Bertz CT molecular complexity index is 947. The average Bonchev–Trinajstić information content (AvgIpc) is 3.31. The minimum Gasteiger partial charge on any atom is -0.364 e. The molecule has 0 spiro atoms. The van der Waals surface area contributed by atoms with Gasteiger partial charge in [0.2, 0.25) is 0 Å². The molecule has 1 aliphatic rings. The zero-order valence-corrected chi connectivity index (χ0v) is 14.6. The summed E-state index contributed by atoms with van der Waals surface area (Å²) in [6.45, 7) is 2.68. The third-order valence-corrected chi connectivity index (χ3v) is 4.70. The molecule has 3 heterocycles. The van der Waals surface area contributed by atoms with Gasteiger partial charge in [0.25, 0.3) is 0 Å². The highest BCUT2D eigenvalue weighted by Gasteiger charge is 2.20. The fourth-order valence-electron chi connectivity index (χ4n) is 3.32. The van der Waals surface area contributed by atoms with Crippen molar-refractivity contribution in [2.75, 3.05) is 0 Å². The number of aliphatic imine (C=N–C) groups is 1. The lowest BCUT2D eigenvalue weighted by Crippen LogP contribution is -2.10. The SMILES string of the molecule is C[C@@H](CC(=O)Cc1cc2c(cn1)C(c1cnoc1)=NC2)c1ccccc1. The number of hydrogen-bond donors (Lipinski definition) is 0. The van der Waals surface area contributed by atoms with Crippen molar-refractivity contribution in [1.29, 1.82) is 0 Å². The van der Waals surface area contributed by atoms with E-state index in [2.05, 4.69) is 34.2 Å². The minimum absolute atomic E-state index is 0.201. The van der Waals surface area contributed by atoms with Crippen LogP contribution in [0.4, 0.5) is 0 Å². The Morgan fingerprint density at radius 1 is 1.23 bits per heavy atom. The summed E-state index contributed by atoms with van der Waals surface area (Å²) in [5.41, 5.74) is 5.78. The number of benzene rings is 1. The summed E-state index contributed by atoms with van der Waals surface area (Å²) in [5, 5.41) is 3.73. The third-order valence-electron chi connectivity index (χ3n) is 4.70. The molecular formula is C21H19N3O2. The molecular weight excluding hydrogens is 326 g/mol. The molecule has 0 radical (unpaired) electrons. The fourth-order valence-corrected chi connectivity index (χ4v) is 3.32. The van der Waals surface area contributed by atoms with Crippen LogP contribution >= 0.6 is 0 Å². The van der Waals surface area contributed by atoms with Crippen molar-refractivity contribution in [2.45, 2.75) is 32.2 Å². The Hall–Kier alpha value is -3.08. The van der Waals surface area contributed by atoms with Gasteiger partial charge in [-0.05, 0) is 23.1 Å². The number of rotatable bonds is 6. The van der Waals surface area contributed by atoms with E-state index < -0.39 is 0 Å². The molecule has 1 aromatic carbocycles. The van der Waals surface area contributed by atoms with Crippen LogP contribution in [0, 0.1) is 0 Å². The number of hydrogen-bond acceptors (Lipinski definition) is 5. The molecule has 2 aromatic heterocycles. The Morgan fingerprint density at radius 2 is 2.08 bits per heavy atom. The molecule has 4 rings (SSSR count). The van der Waals surface area contributed by atoms with Crippen LogP contribution < -0.4 is 0 Å². The summed E-state index contributed by atoms with van der Waals surface area (Å²) in [7, 11) is 0. The highest BCUT2D eigenvalue weighted by Crippen LogP contribution is 2.24. The molecule has 5 nitrogen and oxygen atoms in total. The number of Topliss-reactive ketones (excluding diaryl/α,β-unsaturated/α-hetero) is 1. The quantitative estimate of drug-likeness (QED) is 0.683. The largest absolute Gasteiger partial charge is 0.364 e. The molecule has 0 saturated heterocycles. The van der Waals surface area contributed by atoms with E-state index in [-0.39, 0.29) is 11.7 Å². The average molecular weight is 345 g/mol. The fraction of sp³-hybridized carbons (Fsp3) is 0.238. The predicted molar refractivity (Wildman–Crippen MR) is 98.3 cm³/mol. The van der Waals surface area contributed by atoms with E-state index in [0.717, 1.165) is 28.1 Å². The van der Waals surface area contributed by atoms with Gasteiger partial charge < -0.3 is 4.52 Å². The van der Waals surface area contributed by atoms with Crippen molar-refractivity contribution in [2.24, 2.45) is 4.99 Å². The lowest BCUT2D eigenvalue weighted by molar-refractivity contribution is -0.118. The number of nitrogens with zero attached hydrogens (tertiary/aromatic N) is 3. The van der Waals surface area contributed by atoms with Gasteiger partial charge >= 0.3 is 0 Å². The van der Waals surface area contributed by atoms with Crippen molar-refractivity contribution in [3.63, 3.8) is 0 Å². The summed E-state index contributed by atoms with van der Waals surface area (Å²) in [6.07, 6.45) is 5.91. The standard InChI is InChI=1S/C21H19N3O2/c1-14(15-5-3-2-4-6-15)7-19(25)9-18-8-16-10-23-21(20(16)12-22-18)17-11-24-26-13-17/h2-6,8,11-14H,7,9-10H2,1H3/t14-/m0/s1. The molecule has 0 saturated carbocycles. The number of pyridine rings is 1. The van der Waals surface area contributed by atoms with E-state index in [0.29, 0.717) is 19.4 Å². The minimum atomic E-state index is 0.201. The number of aromatic nitrogens is 2. The van der Waals surface area contributed by atoms with E-state index in [1.165, 1.54) is 5.56 Å². The van der Waals surface area contributed by atoms with Crippen molar-refractivity contribution in [3.05, 3.63) is 83.0 Å². The zero-order chi connectivity index (χ0) is 17.9. The van der Waals surface area contributed by atoms with Crippen LogP contribution in [-0.4, -0.2) is 21.6 Å². The van der Waals surface area contributed by atoms with Crippen LogP contribution in [0.1, 0.15) is 47.2 Å². The first kappa shape index (κ1) is 16.4. The maximum Gasteiger partial charge on any atom is 0.139 e. The molecule has 1 atom stereocenters. The number of carbonyl (C=O) groups excluding carboxylic acids is 1. The summed E-state index contributed by atoms with van der Waals surface area (Å²) in [6, 6.07) is 12.1. The molecule has 0 N–H and O–H groups in total. The van der Waals surface area contributed by atoms with E-state index in [9.17, 15) is 4.79 Å². The van der Waals surface area contributed by atoms with Crippen LogP contribution in [0.25, 0.3) is 0 Å². The molecule has 3 aromatic rings. The highest BCUT2D eigenvalue weighted by molar-refractivity contribution is 6.14. The first-order valence-electron chi connectivity index (χ1n) is 8.69. The smallest absolute Gasteiger partial charge is 0.139 e. The van der Waals surface area contributed by atoms with E-state index in [4.69, 9.17) is 4.52 Å². The highest BCUT2D eigenvalue weighted by atomic mass is 16.5. The summed E-state index contributed by atoms with van der Waals surface area (Å²) in [5.74, 6) is 0.411. The van der Waals surface area contributed by atoms with Gasteiger partial charge in [0, 0.05) is 30.3 Å². The topological polar surface area (TPSA) is 68.3 Å². The number of fused-ring (bicyclic) bond motifs is 1. The van der Waals surface area contributed by atoms with E-state index >= 15 is 0 Å². The van der Waals surface area contributed by atoms with Crippen molar-refractivity contribution < 1.29 is 9.32 Å². The van der Waals surface area contributed by atoms with E-state index in [1.807, 2.05) is 24.3 Å². The molecule has 26 heavy (non-hydrogen) atoms. The molecule has 0 fully saturated rings. The normalized spacial score (nSPS) is 14.0. The molecule has 0 unspecified atom stereocenters. The maximum absolute atomic E-state index is 12.5. The summed E-state index contributed by atoms with van der Waals surface area (Å²) >= 11 is 0. The number of ketones is 1. The van der Waals surface area contributed by atoms with E-state index in [1.54, 1.807) is 18.7 Å². The van der Waals surface area contributed by atoms with Gasteiger partial charge in [-0.25, -0.2) is 0 Å². The molecule has 1 aliphatic heterocycles. The Labute approximate surface area is 151 Å². The van der Waals surface area contributed by atoms with Crippen molar-refractivity contribution in [3.8, 4) is 0 Å². The second-order valence-electron chi connectivity index (χ2n) is 6.64.